The SMILES string of the molecule is Cc1cnc([C@@H](NC(=O)[C@H]2CCCN(C(=O)C3CC3)C2)C2CC2)s1. The van der Waals surface area contributed by atoms with Crippen LogP contribution in [-0.4, -0.2) is 34.8 Å². The molecule has 24 heavy (non-hydrogen) atoms. The molecule has 0 spiro atoms. The number of carbonyl (C=O) groups excluding carboxylic acids is 2. The maximum atomic E-state index is 12.8. The lowest BCUT2D eigenvalue weighted by Crippen LogP contribution is -2.46. The highest BCUT2D eigenvalue weighted by atomic mass is 32.1. The van der Waals surface area contributed by atoms with Gasteiger partial charge in [0.2, 0.25) is 11.8 Å². The topological polar surface area (TPSA) is 62.3 Å². The first-order chi connectivity index (χ1) is 11.6. The van der Waals surface area contributed by atoms with Crippen molar-refractivity contribution in [2.24, 2.45) is 17.8 Å². The molecule has 3 fully saturated rings. The van der Waals surface area contributed by atoms with Crippen LogP contribution in [0.25, 0.3) is 0 Å². The monoisotopic (exact) mass is 347 g/mol. The molecule has 0 bridgehead atoms. The molecule has 2 atom stereocenters. The van der Waals surface area contributed by atoms with Crippen LogP contribution in [0.4, 0.5) is 0 Å². The van der Waals surface area contributed by atoms with E-state index in [-0.39, 0.29) is 29.7 Å². The predicted octanol–water partition coefficient (Wildman–Crippen LogP) is 2.67. The van der Waals surface area contributed by atoms with Crippen LogP contribution in [-0.2, 0) is 9.59 Å². The van der Waals surface area contributed by atoms with E-state index in [9.17, 15) is 9.59 Å². The molecule has 2 amide bonds. The Morgan fingerprint density at radius 1 is 1.25 bits per heavy atom. The number of likely N-dealkylation sites (tertiary alicyclic amines) is 1. The van der Waals surface area contributed by atoms with Gasteiger partial charge in [-0.25, -0.2) is 4.98 Å². The molecule has 0 unspecified atom stereocenters. The fourth-order valence-corrected chi connectivity index (χ4v) is 4.50. The summed E-state index contributed by atoms with van der Waals surface area (Å²) in [5, 5.41) is 4.29. The van der Waals surface area contributed by atoms with Crippen molar-refractivity contribution in [3.05, 3.63) is 16.1 Å². The maximum absolute atomic E-state index is 12.8. The van der Waals surface area contributed by atoms with Crippen molar-refractivity contribution in [2.45, 2.75) is 51.5 Å². The van der Waals surface area contributed by atoms with Gasteiger partial charge >= 0.3 is 0 Å². The summed E-state index contributed by atoms with van der Waals surface area (Å²) in [5.41, 5.74) is 0. The van der Waals surface area contributed by atoms with Gasteiger partial charge in [0, 0.05) is 30.1 Å². The lowest BCUT2D eigenvalue weighted by atomic mass is 9.96. The molecule has 130 valence electrons. The average Bonchev–Trinajstić information content (AvgIpc) is 3.50. The number of nitrogens with zero attached hydrogens (tertiary/aromatic N) is 2. The minimum Gasteiger partial charge on any atom is -0.346 e. The number of thiazole rings is 1. The van der Waals surface area contributed by atoms with Gasteiger partial charge in [0.25, 0.3) is 0 Å². The Morgan fingerprint density at radius 3 is 2.67 bits per heavy atom. The largest absolute Gasteiger partial charge is 0.346 e. The summed E-state index contributed by atoms with van der Waals surface area (Å²) < 4.78 is 0. The van der Waals surface area contributed by atoms with Crippen LogP contribution >= 0.6 is 11.3 Å². The Labute approximate surface area is 146 Å². The third-order valence-electron chi connectivity index (χ3n) is 5.33. The molecule has 0 radical (unpaired) electrons. The molecule has 1 aromatic heterocycles. The number of aromatic nitrogens is 1. The minimum atomic E-state index is -0.0660. The molecule has 2 aliphatic carbocycles. The van der Waals surface area contributed by atoms with Crippen LogP contribution in [0.5, 0.6) is 0 Å². The van der Waals surface area contributed by atoms with E-state index in [0.717, 1.165) is 37.2 Å². The molecule has 2 saturated carbocycles. The van der Waals surface area contributed by atoms with Crippen LogP contribution in [0.3, 0.4) is 0 Å². The Balaban J connectivity index is 1.39. The maximum Gasteiger partial charge on any atom is 0.225 e. The molecule has 1 N–H and O–H groups in total. The Bertz CT molecular complexity index is 636. The van der Waals surface area contributed by atoms with Gasteiger partial charge in [-0.05, 0) is 51.4 Å². The molecule has 5 nitrogen and oxygen atoms in total. The number of piperidine rings is 1. The Morgan fingerprint density at radius 2 is 2.04 bits per heavy atom. The first kappa shape index (κ1) is 16.1. The van der Waals surface area contributed by atoms with E-state index in [0.29, 0.717) is 12.5 Å². The number of hydrogen-bond acceptors (Lipinski definition) is 4. The van der Waals surface area contributed by atoms with Gasteiger partial charge in [0.05, 0.1) is 12.0 Å². The second kappa shape index (κ2) is 6.47. The van der Waals surface area contributed by atoms with Crippen LogP contribution in [0.2, 0.25) is 0 Å². The van der Waals surface area contributed by atoms with Gasteiger partial charge in [-0.2, -0.15) is 0 Å². The average molecular weight is 347 g/mol. The number of hydrogen-bond donors (Lipinski definition) is 1. The molecular weight excluding hydrogens is 322 g/mol. The number of aryl methyl sites for hydroxylation is 1. The molecule has 1 aliphatic heterocycles. The molecule has 4 rings (SSSR count). The van der Waals surface area contributed by atoms with E-state index in [2.05, 4.69) is 17.2 Å². The predicted molar refractivity (Wildman–Crippen MR) is 92.5 cm³/mol. The highest BCUT2D eigenvalue weighted by Gasteiger charge is 2.39. The van der Waals surface area contributed by atoms with Gasteiger partial charge in [-0.1, -0.05) is 0 Å². The number of nitrogens with one attached hydrogen (secondary N) is 1. The molecule has 0 aromatic carbocycles. The van der Waals surface area contributed by atoms with Crippen LogP contribution in [0.1, 0.15) is 54.5 Å². The minimum absolute atomic E-state index is 0.0608. The zero-order valence-corrected chi connectivity index (χ0v) is 15.0. The number of amides is 2. The summed E-state index contributed by atoms with van der Waals surface area (Å²) in [5.74, 6) is 1.08. The molecule has 2 heterocycles. The smallest absolute Gasteiger partial charge is 0.225 e. The quantitative estimate of drug-likeness (QED) is 0.891. The van der Waals surface area contributed by atoms with Gasteiger partial charge in [0.15, 0.2) is 0 Å². The molecular formula is C18H25N3O2S. The van der Waals surface area contributed by atoms with Gasteiger partial charge in [-0.15, -0.1) is 11.3 Å². The van der Waals surface area contributed by atoms with E-state index < -0.39 is 0 Å². The van der Waals surface area contributed by atoms with Gasteiger partial charge < -0.3 is 10.2 Å². The third-order valence-corrected chi connectivity index (χ3v) is 6.32. The Hall–Kier alpha value is -1.43. The summed E-state index contributed by atoms with van der Waals surface area (Å²) in [6, 6.07) is 0.0608. The third kappa shape index (κ3) is 3.48. The van der Waals surface area contributed by atoms with E-state index >= 15 is 0 Å². The lowest BCUT2D eigenvalue weighted by Gasteiger charge is -2.33. The highest BCUT2D eigenvalue weighted by Crippen LogP contribution is 2.42. The number of carbonyl (C=O) groups is 2. The van der Waals surface area contributed by atoms with Crippen molar-refractivity contribution in [1.29, 1.82) is 0 Å². The summed E-state index contributed by atoms with van der Waals surface area (Å²) in [4.78, 5) is 32.7. The summed E-state index contributed by atoms with van der Waals surface area (Å²) in [6.45, 7) is 3.46. The normalized spacial score (nSPS) is 25.4. The van der Waals surface area contributed by atoms with Gasteiger partial charge in [0.1, 0.15) is 5.01 Å². The Kier molecular flexibility index (Phi) is 4.33. The fraction of sp³-hybridized carbons (Fsp3) is 0.722. The zero-order valence-electron chi connectivity index (χ0n) is 14.2. The summed E-state index contributed by atoms with van der Waals surface area (Å²) >= 11 is 1.68. The van der Waals surface area contributed by atoms with Crippen LogP contribution < -0.4 is 5.32 Å². The van der Waals surface area contributed by atoms with Crippen molar-refractivity contribution >= 4 is 23.2 Å². The van der Waals surface area contributed by atoms with Crippen molar-refractivity contribution in [1.82, 2.24) is 15.2 Å². The van der Waals surface area contributed by atoms with Crippen molar-refractivity contribution in [3.63, 3.8) is 0 Å². The fourth-order valence-electron chi connectivity index (χ4n) is 3.58. The molecule has 6 heteroatoms. The number of rotatable bonds is 5. The molecule has 1 aromatic rings. The molecule has 1 saturated heterocycles. The second-order valence-electron chi connectivity index (χ2n) is 7.53. The van der Waals surface area contributed by atoms with Crippen molar-refractivity contribution in [2.75, 3.05) is 13.1 Å². The van der Waals surface area contributed by atoms with E-state index in [1.165, 1.54) is 17.7 Å². The standard InChI is InChI=1S/C18H25N3O2S/c1-11-9-19-17(24-11)15(12-4-5-12)20-16(22)14-3-2-8-21(10-14)18(23)13-6-7-13/h9,12-15H,2-8,10H2,1H3,(H,20,22)/t14-,15-/m0/s1. The van der Waals surface area contributed by atoms with Crippen LogP contribution in [0, 0.1) is 24.7 Å². The van der Waals surface area contributed by atoms with Crippen molar-refractivity contribution in [3.8, 4) is 0 Å². The molecule has 3 aliphatic rings. The van der Waals surface area contributed by atoms with Crippen LogP contribution in [0.15, 0.2) is 6.20 Å². The zero-order chi connectivity index (χ0) is 16.7. The van der Waals surface area contributed by atoms with E-state index in [1.807, 2.05) is 11.1 Å². The summed E-state index contributed by atoms with van der Waals surface area (Å²) in [7, 11) is 0. The van der Waals surface area contributed by atoms with Gasteiger partial charge in [-0.3, -0.25) is 9.59 Å². The van der Waals surface area contributed by atoms with Crippen molar-refractivity contribution < 1.29 is 9.59 Å². The van der Waals surface area contributed by atoms with E-state index in [1.54, 1.807) is 11.3 Å². The first-order valence-electron chi connectivity index (χ1n) is 9.13. The first-order valence-corrected chi connectivity index (χ1v) is 9.95. The van der Waals surface area contributed by atoms with E-state index in [4.69, 9.17) is 0 Å². The lowest BCUT2D eigenvalue weighted by molar-refractivity contribution is -0.137. The summed E-state index contributed by atoms with van der Waals surface area (Å²) in [6.07, 6.45) is 8.09. The second-order valence-corrected chi connectivity index (χ2v) is 8.80. The highest BCUT2D eigenvalue weighted by molar-refractivity contribution is 7.11.